The highest BCUT2D eigenvalue weighted by Gasteiger charge is 2.28. The molecule has 1 fully saturated rings. The predicted molar refractivity (Wildman–Crippen MR) is 87.5 cm³/mol. The minimum absolute atomic E-state index is 0.0268. The third-order valence-electron chi connectivity index (χ3n) is 3.56. The van der Waals surface area contributed by atoms with Crippen LogP contribution in [0.2, 0.25) is 0 Å². The van der Waals surface area contributed by atoms with Gasteiger partial charge in [-0.3, -0.25) is 9.59 Å². The molecule has 1 atom stereocenters. The first-order valence-electron chi connectivity index (χ1n) is 7.69. The van der Waals surface area contributed by atoms with Gasteiger partial charge in [0.2, 0.25) is 0 Å². The zero-order valence-corrected chi connectivity index (χ0v) is 14.3. The third-order valence-corrected chi connectivity index (χ3v) is 5.33. The number of benzene rings is 1. The molecule has 7 nitrogen and oxygen atoms in total. The van der Waals surface area contributed by atoms with Crippen LogP contribution < -0.4 is 10.1 Å². The van der Waals surface area contributed by atoms with Gasteiger partial charge >= 0.3 is 5.97 Å². The van der Waals surface area contributed by atoms with Gasteiger partial charge in [0.1, 0.15) is 5.75 Å². The molecular formula is C16H21NO6S. The molecule has 0 unspecified atom stereocenters. The number of aryl methyl sites for hydroxylation is 1. The van der Waals surface area contributed by atoms with E-state index in [0.29, 0.717) is 12.2 Å². The lowest BCUT2D eigenvalue weighted by Gasteiger charge is -2.11. The maximum atomic E-state index is 11.6. The largest absolute Gasteiger partial charge is 0.493 e. The summed E-state index contributed by atoms with van der Waals surface area (Å²) in [4.78, 5) is 23.2. The normalized spacial score (nSPS) is 18.8. The van der Waals surface area contributed by atoms with Crippen molar-refractivity contribution in [2.75, 3.05) is 24.7 Å². The molecule has 0 aromatic heterocycles. The Balaban J connectivity index is 1.60. The fourth-order valence-corrected chi connectivity index (χ4v) is 3.96. The number of carbonyl (C=O) groups excluding carboxylic acids is 2. The van der Waals surface area contributed by atoms with E-state index in [4.69, 9.17) is 9.47 Å². The zero-order chi connectivity index (χ0) is 17.6. The topological polar surface area (TPSA) is 98.8 Å². The summed E-state index contributed by atoms with van der Waals surface area (Å²) in [5.41, 5.74) is 1.11. The number of hydrogen-bond donors (Lipinski definition) is 1. The SMILES string of the molecule is Cc1ccc(OCCC(=O)OCC(=O)N[C@@H]2CCS(=O)(=O)C2)cc1. The highest BCUT2D eigenvalue weighted by molar-refractivity contribution is 7.91. The number of ether oxygens (including phenoxy) is 2. The van der Waals surface area contributed by atoms with E-state index in [-0.39, 0.29) is 24.5 Å². The Kier molecular flexibility index (Phi) is 6.19. The molecule has 0 saturated carbocycles. The molecule has 1 amide bonds. The summed E-state index contributed by atoms with van der Waals surface area (Å²) in [6.07, 6.45) is 0.422. The van der Waals surface area contributed by atoms with Crippen LogP contribution in [0.25, 0.3) is 0 Å². The Morgan fingerprint density at radius 3 is 2.58 bits per heavy atom. The van der Waals surface area contributed by atoms with Gasteiger partial charge in [0.15, 0.2) is 16.4 Å². The minimum atomic E-state index is -3.05. The van der Waals surface area contributed by atoms with E-state index in [1.165, 1.54) is 0 Å². The van der Waals surface area contributed by atoms with Crippen molar-refractivity contribution < 1.29 is 27.5 Å². The molecule has 132 valence electrons. The highest BCUT2D eigenvalue weighted by Crippen LogP contribution is 2.12. The zero-order valence-electron chi connectivity index (χ0n) is 13.5. The Morgan fingerprint density at radius 1 is 1.25 bits per heavy atom. The third kappa shape index (κ3) is 6.19. The lowest BCUT2D eigenvalue weighted by Crippen LogP contribution is -2.38. The van der Waals surface area contributed by atoms with E-state index in [1.54, 1.807) is 0 Å². The Morgan fingerprint density at radius 2 is 1.96 bits per heavy atom. The smallest absolute Gasteiger partial charge is 0.309 e. The minimum Gasteiger partial charge on any atom is -0.493 e. The van der Waals surface area contributed by atoms with Gasteiger partial charge in [0.25, 0.3) is 5.91 Å². The van der Waals surface area contributed by atoms with Crippen molar-refractivity contribution in [3.8, 4) is 5.75 Å². The van der Waals surface area contributed by atoms with Crippen LogP contribution in [0.1, 0.15) is 18.4 Å². The molecule has 1 N–H and O–H groups in total. The van der Waals surface area contributed by atoms with Crippen molar-refractivity contribution in [3.63, 3.8) is 0 Å². The predicted octanol–water partition coefficient (Wildman–Crippen LogP) is 0.610. The number of hydrogen-bond acceptors (Lipinski definition) is 6. The molecule has 1 aliphatic heterocycles. The molecule has 1 aromatic carbocycles. The van der Waals surface area contributed by atoms with Gasteiger partial charge in [-0.05, 0) is 25.5 Å². The fourth-order valence-electron chi connectivity index (χ4n) is 2.28. The van der Waals surface area contributed by atoms with Crippen LogP contribution in [0.5, 0.6) is 5.75 Å². The quantitative estimate of drug-likeness (QED) is 0.720. The van der Waals surface area contributed by atoms with Crippen LogP contribution in [0, 0.1) is 6.92 Å². The summed E-state index contributed by atoms with van der Waals surface area (Å²) >= 11 is 0. The lowest BCUT2D eigenvalue weighted by atomic mass is 10.2. The van der Waals surface area contributed by atoms with Crippen molar-refractivity contribution in [3.05, 3.63) is 29.8 Å². The second kappa shape index (κ2) is 8.14. The van der Waals surface area contributed by atoms with E-state index in [2.05, 4.69) is 5.32 Å². The van der Waals surface area contributed by atoms with Crippen LogP contribution in [0.15, 0.2) is 24.3 Å². The molecular weight excluding hydrogens is 334 g/mol. The van der Waals surface area contributed by atoms with Crippen molar-refractivity contribution >= 4 is 21.7 Å². The maximum Gasteiger partial charge on any atom is 0.309 e. The van der Waals surface area contributed by atoms with Gasteiger partial charge in [-0.1, -0.05) is 17.7 Å². The van der Waals surface area contributed by atoms with E-state index in [0.717, 1.165) is 5.56 Å². The summed E-state index contributed by atoms with van der Waals surface area (Å²) in [6, 6.07) is 7.03. The summed E-state index contributed by atoms with van der Waals surface area (Å²) in [5, 5.41) is 2.55. The Hall–Kier alpha value is -2.09. The highest BCUT2D eigenvalue weighted by atomic mass is 32.2. The molecule has 0 radical (unpaired) electrons. The van der Waals surface area contributed by atoms with Crippen LogP contribution in [0.3, 0.4) is 0 Å². The summed E-state index contributed by atoms with van der Waals surface area (Å²) in [7, 11) is -3.05. The second-order valence-electron chi connectivity index (χ2n) is 5.74. The van der Waals surface area contributed by atoms with Crippen molar-refractivity contribution in [2.45, 2.75) is 25.8 Å². The van der Waals surface area contributed by atoms with Crippen LogP contribution >= 0.6 is 0 Å². The number of rotatable bonds is 7. The number of carbonyl (C=O) groups is 2. The molecule has 24 heavy (non-hydrogen) atoms. The average Bonchev–Trinajstić information content (AvgIpc) is 2.86. The second-order valence-corrected chi connectivity index (χ2v) is 7.97. The Labute approximate surface area is 141 Å². The van der Waals surface area contributed by atoms with Crippen molar-refractivity contribution in [2.24, 2.45) is 0 Å². The number of sulfone groups is 1. The van der Waals surface area contributed by atoms with E-state index < -0.39 is 34.4 Å². The summed E-state index contributed by atoms with van der Waals surface area (Å²) < 4.78 is 32.8. The van der Waals surface area contributed by atoms with Crippen LogP contribution in [-0.4, -0.2) is 51.1 Å². The number of nitrogens with one attached hydrogen (secondary N) is 1. The first kappa shape index (κ1) is 18.3. The summed E-state index contributed by atoms with van der Waals surface area (Å²) in [5.74, 6) is -0.361. The average molecular weight is 355 g/mol. The van der Waals surface area contributed by atoms with E-state index in [9.17, 15) is 18.0 Å². The van der Waals surface area contributed by atoms with E-state index in [1.807, 2.05) is 31.2 Å². The van der Waals surface area contributed by atoms with Crippen LogP contribution in [0.4, 0.5) is 0 Å². The first-order valence-corrected chi connectivity index (χ1v) is 9.51. The molecule has 0 bridgehead atoms. The first-order chi connectivity index (χ1) is 11.3. The maximum absolute atomic E-state index is 11.6. The Bertz CT molecular complexity index is 683. The van der Waals surface area contributed by atoms with Crippen molar-refractivity contribution in [1.29, 1.82) is 0 Å². The molecule has 1 heterocycles. The van der Waals surface area contributed by atoms with E-state index >= 15 is 0 Å². The fraction of sp³-hybridized carbons (Fsp3) is 0.500. The molecule has 1 aliphatic rings. The molecule has 8 heteroatoms. The summed E-state index contributed by atoms with van der Waals surface area (Å²) in [6.45, 7) is 1.71. The number of amides is 1. The standard InChI is InChI=1S/C16H21NO6S/c1-12-2-4-14(5-3-12)22-8-6-16(19)23-10-15(18)17-13-7-9-24(20,21)11-13/h2-5,13H,6-11H2,1H3,(H,17,18)/t13-/m1/s1. The van der Waals surface area contributed by atoms with Gasteiger partial charge in [-0.25, -0.2) is 8.42 Å². The monoisotopic (exact) mass is 355 g/mol. The molecule has 0 spiro atoms. The molecule has 1 saturated heterocycles. The molecule has 2 rings (SSSR count). The van der Waals surface area contributed by atoms with Gasteiger partial charge < -0.3 is 14.8 Å². The van der Waals surface area contributed by atoms with Gasteiger partial charge in [0.05, 0.1) is 24.5 Å². The molecule has 0 aliphatic carbocycles. The van der Waals surface area contributed by atoms with Gasteiger partial charge in [0, 0.05) is 6.04 Å². The number of esters is 1. The lowest BCUT2D eigenvalue weighted by molar-refractivity contribution is -0.149. The van der Waals surface area contributed by atoms with Crippen LogP contribution in [-0.2, 0) is 24.2 Å². The van der Waals surface area contributed by atoms with Crippen molar-refractivity contribution in [1.82, 2.24) is 5.32 Å². The van der Waals surface area contributed by atoms with Gasteiger partial charge in [-0.15, -0.1) is 0 Å². The van der Waals surface area contributed by atoms with Gasteiger partial charge in [-0.2, -0.15) is 0 Å². The molecule has 1 aromatic rings.